The highest BCUT2D eigenvalue weighted by Gasteiger charge is 2.18. The zero-order valence-electron chi connectivity index (χ0n) is 14.6. The number of nitrogens with zero attached hydrogens (tertiary/aromatic N) is 1. The number of ether oxygens (including phenoxy) is 1. The van der Waals surface area contributed by atoms with Crippen molar-refractivity contribution in [2.45, 2.75) is 40.0 Å². The van der Waals surface area contributed by atoms with Crippen molar-refractivity contribution in [3.63, 3.8) is 0 Å². The molecule has 1 heterocycles. The van der Waals surface area contributed by atoms with Crippen LogP contribution in [-0.4, -0.2) is 11.6 Å². The third-order valence-electron chi connectivity index (χ3n) is 3.33. The zero-order valence-corrected chi connectivity index (χ0v) is 15.5. The van der Waals surface area contributed by atoms with Crippen LogP contribution in [0.4, 0.5) is 10.8 Å². The molecule has 0 amide bonds. The summed E-state index contributed by atoms with van der Waals surface area (Å²) in [6.45, 7) is 15.5. The summed E-state index contributed by atoms with van der Waals surface area (Å²) in [4.78, 5) is 4.69. The molecule has 0 saturated heterocycles. The van der Waals surface area contributed by atoms with Gasteiger partial charge >= 0.3 is 0 Å². The number of benzene rings is 1. The van der Waals surface area contributed by atoms with Crippen LogP contribution in [0.1, 0.15) is 45.9 Å². The smallest absolute Gasteiger partial charge is 0.187 e. The van der Waals surface area contributed by atoms with Crippen LogP contribution in [-0.2, 0) is 10.2 Å². The van der Waals surface area contributed by atoms with E-state index in [-0.39, 0.29) is 5.41 Å². The summed E-state index contributed by atoms with van der Waals surface area (Å²) in [7, 11) is 0. The summed E-state index contributed by atoms with van der Waals surface area (Å²) in [6.07, 6.45) is 0. The number of hydrogen-bond acceptors (Lipinski definition) is 4. The molecule has 1 aromatic carbocycles. The quantitative estimate of drug-likeness (QED) is 0.677. The van der Waals surface area contributed by atoms with Crippen LogP contribution >= 0.6 is 11.3 Å². The second kappa shape index (κ2) is 7.18. The molecular weight excluding hydrogens is 304 g/mol. The second-order valence-electron chi connectivity index (χ2n) is 7.09. The van der Waals surface area contributed by atoms with Gasteiger partial charge in [0.1, 0.15) is 5.76 Å². The first-order valence-corrected chi connectivity index (χ1v) is 8.79. The van der Waals surface area contributed by atoms with Crippen LogP contribution in [0.25, 0.3) is 5.76 Å². The maximum Gasteiger partial charge on any atom is 0.187 e. The molecule has 2 rings (SSSR count). The van der Waals surface area contributed by atoms with Crippen molar-refractivity contribution in [3.8, 4) is 0 Å². The third kappa shape index (κ3) is 4.83. The SMILES string of the molecule is C=C(OCC(C)C)c1ccccc1Nc1nc(C(C)(C)C)cs1. The Hall–Kier alpha value is -1.81. The fourth-order valence-corrected chi connectivity index (χ4v) is 2.92. The van der Waals surface area contributed by atoms with Crippen molar-refractivity contribution in [1.82, 2.24) is 4.98 Å². The standard InChI is InChI=1S/C19H26N2OS/c1-13(2)11-22-14(3)15-9-7-8-10-16(15)20-18-21-17(12-23-18)19(4,5)6/h7-10,12-13H,3,11H2,1-2,4-6H3,(H,20,21). The van der Waals surface area contributed by atoms with Crippen molar-refractivity contribution in [2.24, 2.45) is 5.92 Å². The van der Waals surface area contributed by atoms with Gasteiger partial charge in [-0.2, -0.15) is 0 Å². The van der Waals surface area contributed by atoms with Crippen LogP contribution in [0.5, 0.6) is 0 Å². The Labute approximate surface area is 143 Å². The van der Waals surface area contributed by atoms with Gasteiger partial charge in [0.05, 0.1) is 18.0 Å². The Bertz CT molecular complexity index is 668. The maximum absolute atomic E-state index is 5.78. The fraction of sp³-hybridized carbons (Fsp3) is 0.421. The largest absolute Gasteiger partial charge is 0.493 e. The summed E-state index contributed by atoms with van der Waals surface area (Å²) in [5.74, 6) is 1.16. The first-order chi connectivity index (χ1) is 10.8. The molecule has 1 N–H and O–H groups in total. The van der Waals surface area contributed by atoms with E-state index in [0.29, 0.717) is 18.3 Å². The van der Waals surface area contributed by atoms with Crippen molar-refractivity contribution >= 4 is 27.9 Å². The van der Waals surface area contributed by atoms with Crippen molar-refractivity contribution in [3.05, 3.63) is 47.5 Å². The summed E-state index contributed by atoms with van der Waals surface area (Å²) in [5.41, 5.74) is 3.09. The molecule has 3 nitrogen and oxygen atoms in total. The summed E-state index contributed by atoms with van der Waals surface area (Å²) in [6, 6.07) is 8.04. The monoisotopic (exact) mass is 330 g/mol. The summed E-state index contributed by atoms with van der Waals surface area (Å²) in [5, 5.41) is 6.39. The van der Waals surface area contributed by atoms with Crippen molar-refractivity contribution in [2.75, 3.05) is 11.9 Å². The molecule has 124 valence electrons. The van der Waals surface area contributed by atoms with E-state index in [4.69, 9.17) is 4.74 Å². The lowest BCUT2D eigenvalue weighted by molar-refractivity contribution is 0.236. The zero-order chi connectivity index (χ0) is 17.0. The molecule has 0 atom stereocenters. The van der Waals surface area contributed by atoms with Gasteiger partial charge in [0.2, 0.25) is 0 Å². The first-order valence-electron chi connectivity index (χ1n) is 7.91. The predicted molar refractivity (Wildman–Crippen MR) is 100 cm³/mol. The third-order valence-corrected chi connectivity index (χ3v) is 4.09. The Kier molecular flexibility index (Phi) is 5.47. The molecule has 0 spiro atoms. The van der Waals surface area contributed by atoms with E-state index in [9.17, 15) is 0 Å². The highest BCUT2D eigenvalue weighted by Crippen LogP contribution is 2.31. The van der Waals surface area contributed by atoms with E-state index in [0.717, 1.165) is 22.1 Å². The average molecular weight is 330 g/mol. The van der Waals surface area contributed by atoms with E-state index in [1.165, 1.54) is 0 Å². The number of nitrogens with one attached hydrogen (secondary N) is 1. The van der Waals surface area contributed by atoms with Gasteiger partial charge in [-0.15, -0.1) is 11.3 Å². The van der Waals surface area contributed by atoms with Gasteiger partial charge in [0, 0.05) is 16.4 Å². The highest BCUT2D eigenvalue weighted by molar-refractivity contribution is 7.13. The molecule has 0 unspecified atom stereocenters. The molecule has 23 heavy (non-hydrogen) atoms. The molecule has 0 aliphatic carbocycles. The second-order valence-corrected chi connectivity index (χ2v) is 7.94. The number of anilines is 2. The predicted octanol–water partition coefficient (Wildman–Crippen LogP) is 5.83. The highest BCUT2D eigenvalue weighted by atomic mass is 32.1. The van der Waals surface area contributed by atoms with E-state index in [1.807, 2.05) is 24.3 Å². The molecule has 0 radical (unpaired) electrons. The molecule has 0 bridgehead atoms. The number of rotatable bonds is 6. The van der Waals surface area contributed by atoms with Crippen LogP contribution in [0.2, 0.25) is 0 Å². The molecule has 2 aromatic rings. The van der Waals surface area contributed by atoms with Crippen molar-refractivity contribution in [1.29, 1.82) is 0 Å². The minimum atomic E-state index is 0.0555. The summed E-state index contributed by atoms with van der Waals surface area (Å²) < 4.78 is 5.78. The van der Waals surface area contributed by atoms with Gasteiger partial charge in [-0.05, 0) is 18.1 Å². The van der Waals surface area contributed by atoms with E-state index >= 15 is 0 Å². The minimum Gasteiger partial charge on any atom is -0.493 e. The van der Waals surface area contributed by atoms with Crippen molar-refractivity contribution < 1.29 is 4.74 Å². The lowest BCUT2D eigenvalue weighted by atomic mass is 9.93. The van der Waals surface area contributed by atoms with E-state index < -0.39 is 0 Å². The van der Waals surface area contributed by atoms with Gasteiger partial charge in [-0.25, -0.2) is 4.98 Å². The summed E-state index contributed by atoms with van der Waals surface area (Å²) >= 11 is 1.62. The maximum atomic E-state index is 5.78. The number of para-hydroxylation sites is 1. The molecule has 0 fully saturated rings. The number of aromatic nitrogens is 1. The molecular formula is C19H26N2OS. The lowest BCUT2D eigenvalue weighted by Gasteiger charge is -2.16. The van der Waals surface area contributed by atoms with Gasteiger partial charge in [-0.1, -0.05) is 53.3 Å². The molecule has 0 aliphatic rings. The van der Waals surface area contributed by atoms with Gasteiger partial charge in [0.15, 0.2) is 5.13 Å². The Morgan fingerprint density at radius 3 is 2.61 bits per heavy atom. The Morgan fingerprint density at radius 1 is 1.30 bits per heavy atom. The van der Waals surface area contributed by atoms with E-state index in [2.05, 4.69) is 56.9 Å². The minimum absolute atomic E-state index is 0.0555. The van der Waals surface area contributed by atoms with Crippen LogP contribution in [0.3, 0.4) is 0 Å². The molecule has 1 aromatic heterocycles. The van der Waals surface area contributed by atoms with Gasteiger partial charge in [0.25, 0.3) is 0 Å². The molecule has 0 saturated carbocycles. The normalized spacial score (nSPS) is 11.6. The lowest BCUT2D eigenvalue weighted by Crippen LogP contribution is -2.11. The number of hydrogen-bond donors (Lipinski definition) is 1. The Balaban J connectivity index is 2.17. The average Bonchev–Trinajstić information content (AvgIpc) is 2.94. The molecule has 4 heteroatoms. The topological polar surface area (TPSA) is 34.1 Å². The van der Waals surface area contributed by atoms with Crippen LogP contribution in [0.15, 0.2) is 36.2 Å². The van der Waals surface area contributed by atoms with Crippen LogP contribution < -0.4 is 5.32 Å². The molecule has 0 aliphatic heterocycles. The fourth-order valence-electron chi connectivity index (χ4n) is 1.97. The first kappa shape index (κ1) is 17.5. The van der Waals surface area contributed by atoms with Gasteiger partial charge < -0.3 is 10.1 Å². The van der Waals surface area contributed by atoms with Crippen LogP contribution in [0, 0.1) is 5.92 Å². The van der Waals surface area contributed by atoms with Gasteiger partial charge in [-0.3, -0.25) is 0 Å². The number of thiazole rings is 1. The Morgan fingerprint density at radius 2 is 2.00 bits per heavy atom. The van der Waals surface area contributed by atoms with E-state index in [1.54, 1.807) is 11.3 Å².